The first-order valence-corrected chi connectivity index (χ1v) is 6.49. The standard InChI is InChI=1S/C19H20/c1-6-10-12-13-16-18(15-11-7-2)19(14-8-3)17(5)9-4/h2,17-19H,9,16H2,1,3-5H3. The topological polar surface area (TPSA) is 0 Å². The SMILES string of the molecule is C#CC#CC(CC#CC#CC)C(C#CC)C(C)CC. The van der Waals surface area contributed by atoms with Gasteiger partial charge >= 0.3 is 0 Å². The Hall–Kier alpha value is -2.20. The lowest BCUT2D eigenvalue weighted by Gasteiger charge is -2.22. The van der Waals surface area contributed by atoms with Gasteiger partial charge in [0.1, 0.15) is 0 Å². The van der Waals surface area contributed by atoms with Crippen molar-refractivity contribution in [1.82, 2.24) is 0 Å². The van der Waals surface area contributed by atoms with E-state index in [-0.39, 0.29) is 11.8 Å². The summed E-state index contributed by atoms with van der Waals surface area (Å²) in [6.45, 7) is 7.98. The minimum absolute atomic E-state index is 0.0876. The van der Waals surface area contributed by atoms with Crippen LogP contribution >= 0.6 is 0 Å². The summed E-state index contributed by atoms with van der Waals surface area (Å²) in [6.07, 6.45) is 6.94. The van der Waals surface area contributed by atoms with Gasteiger partial charge in [0.15, 0.2) is 0 Å². The molecule has 0 heterocycles. The zero-order valence-electron chi connectivity index (χ0n) is 12.2. The molecule has 0 aliphatic rings. The summed E-state index contributed by atoms with van der Waals surface area (Å²) < 4.78 is 0. The highest BCUT2D eigenvalue weighted by molar-refractivity contribution is 5.29. The molecule has 3 unspecified atom stereocenters. The van der Waals surface area contributed by atoms with Crippen LogP contribution in [0.5, 0.6) is 0 Å². The van der Waals surface area contributed by atoms with Crippen LogP contribution in [-0.2, 0) is 0 Å². The van der Waals surface area contributed by atoms with Gasteiger partial charge in [0.05, 0.1) is 0 Å². The third kappa shape index (κ3) is 6.95. The zero-order chi connectivity index (χ0) is 14.5. The van der Waals surface area contributed by atoms with E-state index >= 15 is 0 Å². The van der Waals surface area contributed by atoms with Crippen LogP contribution in [0.25, 0.3) is 0 Å². The molecule has 0 rings (SSSR count). The summed E-state index contributed by atoms with van der Waals surface area (Å²) in [4.78, 5) is 0. The van der Waals surface area contributed by atoms with Gasteiger partial charge in [-0.2, -0.15) is 0 Å². The van der Waals surface area contributed by atoms with E-state index in [1.54, 1.807) is 6.92 Å². The smallest absolute Gasteiger partial charge is 0.0462 e. The van der Waals surface area contributed by atoms with E-state index < -0.39 is 0 Å². The normalized spacial score (nSPS) is 12.4. The summed E-state index contributed by atoms with van der Waals surface area (Å²) in [5, 5.41) is 0. The summed E-state index contributed by atoms with van der Waals surface area (Å²) >= 11 is 0. The van der Waals surface area contributed by atoms with Crippen LogP contribution in [0.2, 0.25) is 0 Å². The Morgan fingerprint density at radius 3 is 2.26 bits per heavy atom. The van der Waals surface area contributed by atoms with Gasteiger partial charge in [0.2, 0.25) is 0 Å². The van der Waals surface area contributed by atoms with Gasteiger partial charge in [0.25, 0.3) is 0 Å². The molecule has 0 amide bonds. The molecule has 0 aliphatic heterocycles. The van der Waals surface area contributed by atoms with E-state index in [1.807, 2.05) is 6.92 Å². The Bertz CT molecular complexity index is 541. The maximum absolute atomic E-state index is 5.22. The molecule has 0 bridgehead atoms. The first-order valence-electron chi connectivity index (χ1n) is 6.49. The van der Waals surface area contributed by atoms with Crippen molar-refractivity contribution >= 4 is 0 Å². The predicted molar refractivity (Wildman–Crippen MR) is 82.3 cm³/mol. The molecular formula is C19H20. The molecule has 3 atom stereocenters. The van der Waals surface area contributed by atoms with Gasteiger partial charge in [-0.25, -0.2) is 0 Å². The minimum Gasteiger partial charge on any atom is -0.106 e. The fraction of sp³-hybridized carbons (Fsp3) is 0.474. The fourth-order valence-corrected chi connectivity index (χ4v) is 1.73. The van der Waals surface area contributed by atoms with Crippen LogP contribution in [0, 0.1) is 77.5 Å². The molecule has 0 heteroatoms. The van der Waals surface area contributed by atoms with Crippen molar-refractivity contribution in [2.45, 2.75) is 40.5 Å². The lowest BCUT2D eigenvalue weighted by atomic mass is 9.80. The van der Waals surface area contributed by atoms with Gasteiger partial charge in [-0.3, -0.25) is 0 Å². The monoisotopic (exact) mass is 248 g/mol. The molecule has 0 saturated heterocycles. The van der Waals surface area contributed by atoms with Crippen LogP contribution in [-0.4, -0.2) is 0 Å². The Balaban J connectivity index is 5.17. The molecule has 0 aromatic heterocycles. The fourth-order valence-electron chi connectivity index (χ4n) is 1.73. The predicted octanol–water partition coefficient (Wildman–Crippen LogP) is 3.34. The molecule has 0 aliphatic carbocycles. The number of rotatable bonds is 4. The van der Waals surface area contributed by atoms with Crippen LogP contribution in [0.3, 0.4) is 0 Å². The highest BCUT2D eigenvalue weighted by Gasteiger charge is 2.22. The second kappa shape index (κ2) is 10.9. The molecular weight excluding hydrogens is 228 g/mol. The van der Waals surface area contributed by atoms with E-state index in [1.165, 1.54) is 0 Å². The first kappa shape index (κ1) is 16.8. The second-order valence-corrected chi connectivity index (χ2v) is 4.21. The van der Waals surface area contributed by atoms with E-state index in [2.05, 4.69) is 67.1 Å². The lowest BCUT2D eigenvalue weighted by molar-refractivity contribution is 0.357. The van der Waals surface area contributed by atoms with Gasteiger partial charge in [-0.1, -0.05) is 44.0 Å². The molecule has 0 spiro atoms. The van der Waals surface area contributed by atoms with Crippen LogP contribution < -0.4 is 0 Å². The van der Waals surface area contributed by atoms with Crippen molar-refractivity contribution in [2.24, 2.45) is 17.8 Å². The Labute approximate surface area is 118 Å². The summed E-state index contributed by atoms with van der Waals surface area (Å²) in [6, 6.07) is 0. The summed E-state index contributed by atoms with van der Waals surface area (Å²) in [7, 11) is 0. The molecule has 0 radical (unpaired) electrons. The van der Waals surface area contributed by atoms with Crippen molar-refractivity contribution in [3.8, 4) is 59.7 Å². The van der Waals surface area contributed by atoms with Gasteiger partial charge in [-0.05, 0) is 43.4 Å². The highest BCUT2D eigenvalue weighted by atomic mass is 14.2. The average molecular weight is 248 g/mol. The van der Waals surface area contributed by atoms with Crippen molar-refractivity contribution in [2.75, 3.05) is 0 Å². The molecule has 0 saturated carbocycles. The van der Waals surface area contributed by atoms with Gasteiger partial charge in [-0.15, -0.1) is 12.3 Å². The number of terminal acetylenes is 1. The summed E-state index contributed by atoms with van der Waals surface area (Å²) in [5.74, 6) is 26.6. The average Bonchev–Trinajstić information content (AvgIpc) is 2.43. The van der Waals surface area contributed by atoms with Gasteiger partial charge < -0.3 is 0 Å². The maximum atomic E-state index is 5.22. The molecule has 0 aromatic carbocycles. The van der Waals surface area contributed by atoms with Crippen LogP contribution in [0.1, 0.15) is 40.5 Å². The highest BCUT2D eigenvalue weighted by Crippen LogP contribution is 2.25. The van der Waals surface area contributed by atoms with Crippen LogP contribution in [0.15, 0.2) is 0 Å². The molecule has 96 valence electrons. The molecule has 0 N–H and O–H groups in total. The molecule has 0 nitrogen and oxygen atoms in total. The summed E-state index contributed by atoms with van der Waals surface area (Å²) in [5.41, 5.74) is 0. The third-order valence-electron chi connectivity index (χ3n) is 2.93. The van der Waals surface area contributed by atoms with E-state index in [9.17, 15) is 0 Å². The largest absolute Gasteiger partial charge is 0.106 e. The van der Waals surface area contributed by atoms with E-state index in [4.69, 9.17) is 6.42 Å². The third-order valence-corrected chi connectivity index (χ3v) is 2.93. The lowest BCUT2D eigenvalue weighted by Crippen LogP contribution is -2.19. The molecule has 19 heavy (non-hydrogen) atoms. The number of hydrogen-bond acceptors (Lipinski definition) is 0. The van der Waals surface area contributed by atoms with Crippen molar-refractivity contribution in [3.05, 3.63) is 0 Å². The Morgan fingerprint density at radius 2 is 1.74 bits per heavy atom. The quantitative estimate of drug-likeness (QED) is 0.669. The Kier molecular flexibility index (Phi) is 9.66. The van der Waals surface area contributed by atoms with E-state index in [0.29, 0.717) is 12.3 Å². The maximum Gasteiger partial charge on any atom is 0.0462 e. The Morgan fingerprint density at radius 1 is 1.00 bits per heavy atom. The molecule has 0 fully saturated rings. The zero-order valence-corrected chi connectivity index (χ0v) is 12.2. The van der Waals surface area contributed by atoms with E-state index in [0.717, 1.165) is 6.42 Å². The molecule has 0 aromatic rings. The van der Waals surface area contributed by atoms with Crippen molar-refractivity contribution < 1.29 is 0 Å². The second-order valence-electron chi connectivity index (χ2n) is 4.21. The minimum atomic E-state index is 0.0876. The van der Waals surface area contributed by atoms with Crippen molar-refractivity contribution in [1.29, 1.82) is 0 Å². The number of hydrogen-bond donors (Lipinski definition) is 0. The first-order chi connectivity index (χ1) is 9.21. The van der Waals surface area contributed by atoms with Gasteiger partial charge in [0, 0.05) is 18.3 Å². The van der Waals surface area contributed by atoms with Crippen molar-refractivity contribution in [3.63, 3.8) is 0 Å². The van der Waals surface area contributed by atoms with Crippen LogP contribution in [0.4, 0.5) is 0 Å².